The summed E-state index contributed by atoms with van der Waals surface area (Å²) in [6.07, 6.45) is 4.49. The quantitative estimate of drug-likeness (QED) is 0.770. The van der Waals surface area contributed by atoms with Crippen molar-refractivity contribution < 1.29 is 14.3 Å². The van der Waals surface area contributed by atoms with Crippen molar-refractivity contribution >= 4 is 17.6 Å². The number of ether oxygens (including phenoxy) is 1. The summed E-state index contributed by atoms with van der Waals surface area (Å²) < 4.78 is 5.89. The minimum atomic E-state index is -1.54. The second kappa shape index (κ2) is 7.26. The Balaban J connectivity index is 1.44. The minimum absolute atomic E-state index is 0.267. The van der Waals surface area contributed by atoms with Gasteiger partial charge in [-0.05, 0) is 49.8 Å². The Bertz CT molecular complexity index is 878. The zero-order valence-electron chi connectivity index (χ0n) is 16.3. The molecule has 6 nitrogen and oxygen atoms in total. The molecule has 146 valence electrons. The number of rotatable bonds is 3. The van der Waals surface area contributed by atoms with Crippen molar-refractivity contribution in [1.29, 1.82) is 0 Å². The highest BCUT2D eigenvalue weighted by Gasteiger charge is 2.52. The van der Waals surface area contributed by atoms with Crippen molar-refractivity contribution in [3.05, 3.63) is 54.2 Å². The zero-order chi connectivity index (χ0) is 19.7. The standard InChI is InChI=1S/C22H25N3O3/c1-22(20(26)24(2)19-18(28-22)9-6-12-23-19)21(27)25-13-10-17(11-14-25)15-16-7-4-3-5-8-16/h3-9,12,17H,10-11,13-15H2,1-2H3/t22-/m1/s1. The molecule has 1 saturated heterocycles. The van der Waals surface area contributed by atoms with E-state index < -0.39 is 5.60 Å². The molecule has 1 aromatic heterocycles. The molecular weight excluding hydrogens is 354 g/mol. The lowest BCUT2D eigenvalue weighted by molar-refractivity contribution is -0.156. The van der Waals surface area contributed by atoms with E-state index in [0.717, 1.165) is 19.3 Å². The van der Waals surface area contributed by atoms with Crippen LogP contribution in [0.1, 0.15) is 25.3 Å². The number of benzene rings is 1. The number of piperidine rings is 1. The maximum atomic E-state index is 13.2. The number of anilines is 1. The lowest BCUT2D eigenvalue weighted by Crippen LogP contribution is -2.63. The number of pyridine rings is 1. The van der Waals surface area contributed by atoms with Gasteiger partial charge in [-0.15, -0.1) is 0 Å². The summed E-state index contributed by atoms with van der Waals surface area (Å²) in [5.74, 6) is 0.806. The van der Waals surface area contributed by atoms with Crippen molar-refractivity contribution in [1.82, 2.24) is 9.88 Å². The number of aromatic nitrogens is 1. The Hall–Kier alpha value is -2.89. The molecule has 2 aliphatic rings. The van der Waals surface area contributed by atoms with Crippen molar-refractivity contribution in [3.8, 4) is 5.75 Å². The van der Waals surface area contributed by atoms with E-state index in [0.29, 0.717) is 30.6 Å². The molecule has 4 rings (SSSR count). The predicted octanol–water partition coefficient (Wildman–Crippen LogP) is 2.68. The zero-order valence-corrected chi connectivity index (χ0v) is 16.3. The number of carbonyl (C=O) groups is 2. The molecule has 1 aromatic carbocycles. The third-order valence-electron chi connectivity index (χ3n) is 5.77. The van der Waals surface area contributed by atoms with Crippen LogP contribution in [0.4, 0.5) is 5.82 Å². The van der Waals surface area contributed by atoms with Gasteiger partial charge in [-0.25, -0.2) is 4.98 Å². The van der Waals surface area contributed by atoms with E-state index in [-0.39, 0.29) is 11.8 Å². The largest absolute Gasteiger partial charge is 0.464 e. The second-order valence-electron chi connectivity index (χ2n) is 7.75. The maximum Gasteiger partial charge on any atom is 0.281 e. The monoisotopic (exact) mass is 379 g/mol. The highest BCUT2D eigenvalue weighted by Crippen LogP contribution is 2.36. The smallest absolute Gasteiger partial charge is 0.281 e. The van der Waals surface area contributed by atoms with E-state index in [1.807, 2.05) is 6.07 Å². The summed E-state index contributed by atoms with van der Waals surface area (Å²) in [6.45, 7) is 2.86. The summed E-state index contributed by atoms with van der Waals surface area (Å²) in [4.78, 5) is 33.5. The van der Waals surface area contributed by atoms with Gasteiger partial charge in [0.1, 0.15) is 0 Å². The number of fused-ring (bicyclic) bond motifs is 1. The Morgan fingerprint density at radius 1 is 1.18 bits per heavy atom. The fourth-order valence-corrected chi connectivity index (χ4v) is 4.12. The van der Waals surface area contributed by atoms with Crippen molar-refractivity contribution in [2.75, 3.05) is 25.0 Å². The summed E-state index contributed by atoms with van der Waals surface area (Å²) >= 11 is 0. The van der Waals surface area contributed by atoms with Crippen LogP contribution in [0.5, 0.6) is 5.75 Å². The van der Waals surface area contributed by atoms with Crippen LogP contribution < -0.4 is 9.64 Å². The van der Waals surface area contributed by atoms with Gasteiger partial charge in [-0.1, -0.05) is 30.3 Å². The number of carbonyl (C=O) groups excluding carboxylic acids is 2. The Kier molecular flexibility index (Phi) is 4.79. The normalized spacial score (nSPS) is 22.6. The molecule has 1 fully saturated rings. The van der Waals surface area contributed by atoms with Gasteiger partial charge in [0.25, 0.3) is 17.4 Å². The topological polar surface area (TPSA) is 62.7 Å². The number of amides is 2. The van der Waals surface area contributed by atoms with E-state index in [9.17, 15) is 9.59 Å². The molecule has 0 saturated carbocycles. The third-order valence-corrected chi connectivity index (χ3v) is 5.77. The first kappa shape index (κ1) is 18.5. The van der Waals surface area contributed by atoms with Crippen molar-refractivity contribution in [2.45, 2.75) is 31.8 Å². The van der Waals surface area contributed by atoms with E-state index >= 15 is 0 Å². The first-order valence-electron chi connectivity index (χ1n) is 9.74. The van der Waals surface area contributed by atoms with Crippen molar-refractivity contribution in [3.63, 3.8) is 0 Å². The van der Waals surface area contributed by atoms with Crippen LogP contribution in [0.15, 0.2) is 48.7 Å². The number of likely N-dealkylation sites (N-methyl/N-ethyl adjacent to an activating group) is 1. The molecule has 2 aliphatic heterocycles. The van der Waals surface area contributed by atoms with Gasteiger partial charge in [0.05, 0.1) is 0 Å². The fraction of sp³-hybridized carbons (Fsp3) is 0.409. The molecule has 28 heavy (non-hydrogen) atoms. The van der Waals surface area contributed by atoms with E-state index in [1.165, 1.54) is 10.5 Å². The van der Waals surface area contributed by atoms with Crippen molar-refractivity contribution in [2.24, 2.45) is 5.92 Å². The lowest BCUT2D eigenvalue weighted by Gasteiger charge is -2.41. The molecule has 3 heterocycles. The average Bonchev–Trinajstić information content (AvgIpc) is 2.73. The van der Waals surface area contributed by atoms with E-state index in [1.54, 1.807) is 37.2 Å². The van der Waals surface area contributed by atoms with Gasteiger partial charge in [0, 0.05) is 26.3 Å². The van der Waals surface area contributed by atoms with E-state index in [2.05, 4.69) is 29.2 Å². The van der Waals surface area contributed by atoms with Gasteiger partial charge in [0.15, 0.2) is 11.6 Å². The molecule has 2 aromatic rings. The number of hydrogen-bond donors (Lipinski definition) is 0. The van der Waals surface area contributed by atoms with Crippen LogP contribution in [0.25, 0.3) is 0 Å². The van der Waals surface area contributed by atoms with Crippen LogP contribution >= 0.6 is 0 Å². The van der Waals surface area contributed by atoms with Gasteiger partial charge in [-0.3, -0.25) is 14.5 Å². The highest BCUT2D eigenvalue weighted by atomic mass is 16.5. The minimum Gasteiger partial charge on any atom is -0.464 e. The molecule has 0 N–H and O–H groups in total. The first-order valence-corrected chi connectivity index (χ1v) is 9.74. The van der Waals surface area contributed by atoms with Crippen LogP contribution in [0, 0.1) is 5.92 Å². The summed E-state index contributed by atoms with van der Waals surface area (Å²) in [7, 11) is 1.63. The SMILES string of the molecule is CN1C(=O)[C@](C)(C(=O)N2CCC(Cc3ccccc3)CC2)Oc2cccnc21. The lowest BCUT2D eigenvalue weighted by atomic mass is 9.89. The number of likely N-dealkylation sites (tertiary alicyclic amines) is 1. The molecule has 0 spiro atoms. The number of hydrogen-bond acceptors (Lipinski definition) is 4. The van der Waals surface area contributed by atoms with E-state index in [4.69, 9.17) is 4.74 Å². The highest BCUT2D eigenvalue weighted by molar-refractivity contribution is 6.15. The molecule has 0 bridgehead atoms. The first-order chi connectivity index (χ1) is 13.5. The Morgan fingerprint density at radius 2 is 1.89 bits per heavy atom. The summed E-state index contributed by atoms with van der Waals surface area (Å²) in [6, 6.07) is 13.9. The average molecular weight is 379 g/mol. The fourth-order valence-electron chi connectivity index (χ4n) is 4.12. The van der Waals surface area contributed by atoms with Gasteiger partial charge < -0.3 is 9.64 Å². The van der Waals surface area contributed by atoms with Gasteiger partial charge in [0.2, 0.25) is 0 Å². The Morgan fingerprint density at radius 3 is 2.61 bits per heavy atom. The van der Waals surface area contributed by atoms with Crippen LogP contribution in [0.3, 0.4) is 0 Å². The maximum absolute atomic E-state index is 13.2. The molecule has 0 radical (unpaired) electrons. The Labute approximate surface area is 165 Å². The third kappa shape index (κ3) is 3.23. The van der Waals surface area contributed by atoms with Gasteiger partial charge >= 0.3 is 0 Å². The molecule has 0 unspecified atom stereocenters. The molecule has 2 amide bonds. The summed E-state index contributed by atoms with van der Waals surface area (Å²) in [5, 5.41) is 0. The molecule has 0 aliphatic carbocycles. The second-order valence-corrected chi connectivity index (χ2v) is 7.75. The van der Waals surface area contributed by atoms with Crippen LogP contribution in [-0.2, 0) is 16.0 Å². The van der Waals surface area contributed by atoms with Crippen LogP contribution in [0.2, 0.25) is 0 Å². The predicted molar refractivity (Wildman–Crippen MR) is 106 cm³/mol. The molecule has 1 atom stereocenters. The summed E-state index contributed by atoms with van der Waals surface area (Å²) in [5.41, 5.74) is -0.215. The molecular formula is C22H25N3O3. The van der Waals surface area contributed by atoms with Gasteiger partial charge in [-0.2, -0.15) is 0 Å². The number of nitrogens with zero attached hydrogens (tertiary/aromatic N) is 3. The van der Waals surface area contributed by atoms with Crippen LogP contribution in [-0.4, -0.2) is 47.4 Å². The molecule has 6 heteroatoms.